The monoisotopic (exact) mass is 312 g/mol. The highest BCUT2D eigenvalue weighted by Gasteiger charge is 2.20. The minimum atomic E-state index is -0.481. The van der Waals surface area contributed by atoms with Gasteiger partial charge in [0, 0.05) is 18.1 Å². The van der Waals surface area contributed by atoms with Gasteiger partial charge in [-0.05, 0) is 24.6 Å². The van der Waals surface area contributed by atoms with Crippen molar-refractivity contribution in [1.82, 2.24) is 15.3 Å². The van der Waals surface area contributed by atoms with Gasteiger partial charge in [0.05, 0.1) is 5.52 Å². The first-order chi connectivity index (χ1) is 11.0. The molecule has 118 valence electrons. The maximum atomic E-state index is 12.7. The molecule has 3 N–H and O–H groups in total. The number of rotatable bonds is 2. The number of nitrogens with one attached hydrogen (secondary N) is 2. The van der Waals surface area contributed by atoms with Gasteiger partial charge in [-0.15, -0.1) is 0 Å². The fourth-order valence-electron chi connectivity index (χ4n) is 2.55. The van der Waals surface area contributed by atoms with Crippen LogP contribution in [0.25, 0.3) is 10.9 Å². The molecule has 0 fully saturated rings. The van der Waals surface area contributed by atoms with Crippen molar-refractivity contribution in [3.8, 4) is 5.75 Å². The Kier molecular flexibility index (Phi) is 3.61. The number of allylic oxidation sites excluding steroid dienone is 2. The third kappa shape index (κ3) is 2.46. The number of hydrogen-bond donors (Lipinski definition) is 3. The van der Waals surface area contributed by atoms with Crippen molar-refractivity contribution in [2.75, 3.05) is 0 Å². The van der Waals surface area contributed by atoms with Gasteiger partial charge in [0.25, 0.3) is 5.56 Å². The lowest BCUT2D eigenvalue weighted by Crippen LogP contribution is -2.30. The van der Waals surface area contributed by atoms with Crippen molar-refractivity contribution in [3.63, 3.8) is 0 Å². The molecule has 1 aromatic carbocycles. The molecule has 1 aliphatic rings. The molecule has 0 atom stereocenters. The summed E-state index contributed by atoms with van der Waals surface area (Å²) in [6.45, 7) is 1.87. The summed E-state index contributed by atoms with van der Waals surface area (Å²) in [6, 6.07) is 6.58. The number of amides is 2. The minimum Gasteiger partial charge on any atom is -0.506 e. The van der Waals surface area contributed by atoms with E-state index in [1.54, 1.807) is 37.4 Å². The maximum absolute atomic E-state index is 12.7. The van der Waals surface area contributed by atoms with Crippen molar-refractivity contribution < 1.29 is 9.90 Å². The molecule has 0 bridgehead atoms. The summed E-state index contributed by atoms with van der Waals surface area (Å²) in [4.78, 5) is 24.2. The quantitative estimate of drug-likeness (QED) is 0.785. The topological polar surface area (TPSA) is 95.7 Å². The standard InChI is InChI=1S/C16H16N4O3/c1-3-9-8-11(18-19-16(23)17-9)13-14(21)10-6-4-5-7-12(10)20(2)15(13)22/h4-8,21H,3H2,1-2H3,(H2,17,19,23). The van der Waals surface area contributed by atoms with Gasteiger partial charge < -0.3 is 15.0 Å². The van der Waals surface area contributed by atoms with Crippen molar-refractivity contribution in [2.45, 2.75) is 13.3 Å². The van der Waals surface area contributed by atoms with Gasteiger partial charge in [-0.25, -0.2) is 10.2 Å². The number of benzene rings is 1. The van der Waals surface area contributed by atoms with Crippen LogP contribution in [0.5, 0.6) is 5.75 Å². The Bertz CT molecular complexity index is 925. The van der Waals surface area contributed by atoms with Crippen LogP contribution in [-0.2, 0) is 7.05 Å². The predicted molar refractivity (Wildman–Crippen MR) is 87.4 cm³/mol. The van der Waals surface area contributed by atoms with Crippen molar-refractivity contribution in [3.05, 3.63) is 52.0 Å². The van der Waals surface area contributed by atoms with E-state index in [0.717, 1.165) is 0 Å². The number of aromatic hydroxyl groups is 1. The minimum absolute atomic E-state index is 0.0566. The Morgan fingerprint density at radius 1 is 1.26 bits per heavy atom. The molecule has 0 saturated heterocycles. The molecule has 3 rings (SSSR count). The summed E-state index contributed by atoms with van der Waals surface area (Å²) in [5.74, 6) is -0.148. The zero-order valence-corrected chi connectivity index (χ0v) is 12.8. The third-order valence-corrected chi connectivity index (χ3v) is 3.78. The van der Waals surface area contributed by atoms with Crippen LogP contribution in [0.15, 0.2) is 45.9 Å². The number of carbonyl (C=O) groups excluding carboxylic acids is 1. The summed E-state index contributed by atoms with van der Waals surface area (Å²) >= 11 is 0. The lowest BCUT2D eigenvalue weighted by molar-refractivity contribution is 0.244. The molecular weight excluding hydrogens is 296 g/mol. The highest BCUT2D eigenvalue weighted by molar-refractivity contribution is 6.13. The van der Waals surface area contributed by atoms with E-state index in [0.29, 0.717) is 23.0 Å². The molecule has 0 spiro atoms. The van der Waals surface area contributed by atoms with Crippen molar-refractivity contribution in [1.29, 1.82) is 0 Å². The van der Waals surface area contributed by atoms with Crippen LogP contribution in [0.3, 0.4) is 0 Å². The summed E-state index contributed by atoms with van der Waals surface area (Å²) in [7, 11) is 1.63. The van der Waals surface area contributed by atoms with Crippen LogP contribution < -0.4 is 16.3 Å². The van der Waals surface area contributed by atoms with Gasteiger partial charge >= 0.3 is 6.03 Å². The van der Waals surface area contributed by atoms with Gasteiger partial charge in [0.15, 0.2) is 0 Å². The summed E-state index contributed by atoms with van der Waals surface area (Å²) in [5, 5.41) is 17.7. The van der Waals surface area contributed by atoms with Gasteiger partial charge in [-0.3, -0.25) is 4.79 Å². The number of hydrogen-bond acceptors (Lipinski definition) is 4. The van der Waals surface area contributed by atoms with Crippen LogP contribution in [0, 0.1) is 0 Å². The number of hydrazone groups is 1. The van der Waals surface area contributed by atoms with E-state index in [1.165, 1.54) is 4.57 Å². The van der Waals surface area contributed by atoms with E-state index in [4.69, 9.17) is 0 Å². The molecular formula is C16H16N4O3. The molecule has 0 unspecified atom stereocenters. The first-order valence-electron chi connectivity index (χ1n) is 7.19. The first kappa shape index (κ1) is 14.8. The van der Waals surface area contributed by atoms with Crippen LogP contribution in [0.4, 0.5) is 4.79 Å². The number of aryl methyl sites for hydroxylation is 1. The molecule has 2 heterocycles. The Hall–Kier alpha value is -3.09. The zero-order chi connectivity index (χ0) is 16.6. The number of pyridine rings is 1. The number of urea groups is 1. The van der Waals surface area contributed by atoms with Gasteiger partial charge in [-0.1, -0.05) is 19.1 Å². The number of aromatic nitrogens is 1. The first-order valence-corrected chi connectivity index (χ1v) is 7.19. The highest BCUT2D eigenvalue weighted by Crippen LogP contribution is 2.26. The molecule has 2 aromatic rings. The number of nitrogens with zero attached hydrogens (tertiary/aromatic N) is 2. The van der Waals surface area contributed by atoms with E-state index in [-0.39, 0.29) is 22.6 Å². The van der Waals surface area contributed by atoms with E-state index in [9.17, 15) is 14.7 Å². The smallest absolute Gasteiger partial charge is 0.339 e. The number of carbonyl (C=O) groups is 1. The highest BCUT2D eigenvalue weighted by atomic mass is 16.3. The second-order valence-electron chi connectivity index (χ2n) is 5.19. The van der Waals surface area contributed by atoms with E-state index < -0.39 is 6.03 Å². The van der Waals surface area contributed by atoms with E-state index in [1.807, 2.05) is 6.92 Å². The molecule has 0 radical (unpaired) electrons. The average Bonchev–Trinajstić information content (AvgIpc) is 2.75. The molecule has 23 heavy (non-hydrogen) atoms. The molecule has 0 saturated carbocycles. The lowest BCUT2D eigenvalue weighted by atomic mass is 10.0. The molecule has 1 aromatic heterocycles. The molecule has 0 aliphatic carbocycles. The second kappa shape index (κ2) is 5.60. The predicted octanol–water partition coefficient (Wildman–Crippen LogP) is 1.55. The second-order valence-corrected chi connectivity index (χ2v) is 5.19. The van der Waals surface area contributed by atoms with Crippen molar-refractivity contribution >= 4 is 22.6 Å². The largest absolute Gasteiger partial charge is 0.506 e. The summed E-state index contributed by atoms with van der Waals surface area (Å²) < 4.78 is 1.45. The number of para-hydroxylation sites is 1. The zero-order valence-electron chi connectivity index (χ0n) is 12.8. The molecule has 2 amide bonds. The van der Waals surface area contributed by atoms with Crippen LogP contribution in [-0.4, -0.2) is 21.4 Å². The molecule has 7 nitrogen and oxygen atoms in total. The fraction of sp³-hybridized carbons (Fsp3) is 0.188. The van der Waals surface area contributed by atoms with Crippen molar-refractivity contribution in [2.24, 2.45) is 12.1 Å². The average molecular weight is 312 g/mol. The normalized spacial score (nSPS) is 14.6. The van der Waals surface area contributed by atoms with Gasteiger partial charge in [-0.2, -0.15) is 5.10 Å². The Labute approximate surface area is 131 Å². The molecule has 7 heteroatoms. The maximum Gasteiger partial charge on any atom is 0.339 e. The van der Waals surface area contributed by atoms with E-state index in [2.05, 4.69) is 15.8 Å². The van der Waals surface area contributed by atoms with E-state index >= 15 is 0 Å². The lowest BCUT2D eigenvalue weighted by Gasteiger charge is -2.11. The van der Waals surface area contributed by atoms with Crippen LogP contribution >= 0.6 is 0 Å². The summed E-state index contributed by atoms with van der Waals surface area (Å²) in [5.41, 5.74) is 3.41. The number of fused-ring (bicyclic) bond motifs is 1. The van der Waals surface area contributed by atoms with Gasteiger partial charge in [0.1, 0.15) is 17.0 Å². The molecule has 1 aliphatic heterocycles. The third-order valence-electron chi connectivity index (χ3n) is 3.78. The van der Waals surface area contributed by atoms with Gasteiger partial charge in [0.2, 0.25) is 0 Å². The fourth-order valence-corrected chi connectivity index (χ4v) is 2.55. The van der Waals surface area contributed by atoms with Crippen LogP contribution in [0.1, 0.15) is 18.9 Å². The summed E-state index contributed by atoms with van der Waals surface area (Å²) in [6.07, 6.45) is 2.14. The SMILES string of the molecule is CCC1=CC(c2c(O)c3ccccc3n(C)c2=O)=NNC(=O)N1. The Morgan fingerprint density at radius 3 is 2.74 bits per heavy atom. The Morgan fingerprint density at radius 2 is 2.00 bits per heavy atom. The van der Waals surface area contributed by atoms with Crippen LogP contribution in [0.2, 0.25) is 0 Å². The Balaban J connectivity index is 2.32.